The number of anilines is 1. The first-order valence-corrected chi connectivity index (χ1v) is 8.33. The molecule has 3 rings (SSSR count). The molecule has 0 fully saturated rings. The predicted octanol–water partition coefficient (Wildman–Crippen LogP) is 4.14. The molecule has 2 aromatic heterocycles. The average molecular weight is 305 g/mol. The molecule has 6 heteroatoms. The second-order valence-electron chi connectivity index (χ2n) is 3.79. The second-order valence-corrected chi connectivity index (χ2v) is 6.84. The number of nitrogens with zero attached hydrogens (tertiary/aromatic N) is 2. The van der Waals surface area contributed by atoms with E-state index in [2.05, 4.69) is 22.1 Å². The lowest BCUT2D eigenvalue weighted by Crippen LogP contribution is -1.80. The average Bonchev–Trinajstić information content (AvgIpc) is 3.06. The van der Waals surface area contributed by atoms with Crippen molar-refractivity contribution in [3.8, 4) is 10.6 Å². The molecule has 2 N–H and O–H groups in total. The summed E-state index contributed by atoms with van der Waals surface area (Å²) in [5.41, 5.74) is 6.57. The molecule has 0 unspecified atom stereocenters. The summed E-state index contributed by atoms with van der Waals surface area (Å²) in [6.45, 7) is 0. The van der Waals surface area contributed by atoms with Gasteiger partial charge >= 0.3 is 0 Å². The molecule has 0 amide bonds. The normalized spacial score (nSPS) is 10.7. The van der Waals surface area contributed by atoms with E-state index in [0.29, 0.717) is 5.13 Å². The van der Waals surface area contributed by atoms with E-state index in [9.17, 15) is 0 Å². The molecule has 0 bridgehead atoms. The van der Waals surface area contributed by atoms with Gasteiger partial charge in [-0.3, -0.25) is 0 Å². The molecule has 1 aromatic carbocycles. The van der Waals surface area contributed by atoms with E-state index in [1.54, 1.807) is 23.1 Å². The van der Waals surface area contributed by atoms with Gasteiger partial charge in [-0.05, 0) is 12.1 Å². The number of hydrogen-bond donors (Lipinski definition) is 1. The number of benzene rings is 1. The lowest BCUT2D eigenvalue weighted by atomic mass is 10.4. The van der Waals surface area contributed by atoms with Crippen LogP contribution in [0.1, 0.15) is 5.01 Å². The van der Waals surface area contributed by atoms with Crippen molar-refractivity contribution in [2.45, 2.75) is 10.6 Å². The molecule has 0 radical (unpaired) electrons. The number of nitrogen functional groups attached to an aromatic ring is 1. The Bertz CT molecular complexity index is 661. The number of thiazole rings is 2. The maximum Gasteiger partial charge on any atom is 0.180 e. The molecule has 96 valence electrons. The second kappa shape index (κ2) is 5.73. The van der Waals surface area contributed by atoms with Gasteiger partial charge in [-0.2, -0.15) is 0 Å². The van der Waals surface area contributed by atoms with Crippen LogP contribution in [0, 0.1) is 0 Å². The summed E-state index contributed by atoms with van der Waals surface area (Å²) in [6, 6.07) is 10.3. The van der Waals surface area contributed by atoms with Crippen LogP contribution in [0.25, 0.3) is 10.6 Å². The molecular weight excluding hydrogens is 294 g/mol. The summed E-state index contributed by atoms with van der Waals surface area (Å²) >= 11 is 4.93. The third-order valence-electron chi connectivity index (χ3n) is 2.43. The highest BCUT2D eigenvalue weighted by Gasteiger charge is 2.08. The molecule has 3 aromatic rings. The zero-order valence-electron chi connectivity index (χ0n) is 9.95. The van der Waals surface area contributed by atoms with Crippen molar-refractivity contribution in [2.24, 2.45) is 0 Å². The highest BCUT2D eigenvalue weighted by atomic mass is 32.2. The molecular formula is C13H11N3S3. The predicted molar refractivity (Wildman–Crippen MR) is 83.6 cm³/mol. The quantitative estimate of drug-likeness (QED) is 0.736. The minimum Gasteiger partial charge on any atom is -0.375 e. The third-order valence-corrected chi connectivity index (χ3v) is 5.33. The molecule has 0 saturated carbocycles. The summed E-state index contributed by atoms with van der Waals surface area (Å²) in [4.78, 5) is 11.1. The van der Waals surface area contributed by atoms with Crippen LogP contribution in [0.4, 0.5) is 5.13 Å². The Morgan fingerprint density at radius 2 is 2.05 bits per heavy atom. The highest BCUT2D eigenvalue weighted by molar-refractivity contribution is 7.98. The Labute approximate surface area is 123 Å². The fourth-order valence-electron chi connectivity index (χ4n) is 1.56. The fraction of sp³-hybridized carbons (Fsp3) is 0.0769. The fourth-order valence-corrected chi connectivity index (χ4v) is 4.00. The number of rotatable bonds is 4. The molecule has 19 heavy (non-hydrogen) atoms. The van der Waals surface area contributed by atoms with Gasteiger partial charge < -0.3 is 5.73 Å². The number of aromatic nitrogens is 2. The smallest absolute Gasteiger partial charge is 0.180 e. The van der Waals surface area contributed by atoms with Crippen LogP contribution in [0.2, 0.25) is 0 Å². The first-order valence-electron chi connectivity index (χ1n) is 5.65. The SMILES string of the molecule is Nc1nc(-c2cnc(CSc3ccccc3)s2)cs1. The minimum atomic E-state index is 0.601. The van der Waals surface area contributed by atoms with Gasteiger partial charge in [0.25, 0.3) is 0 Å². The summed E-state index contributed by atoms with van der Waals surface area (Å²) in [5, 5.41) is 3.68. The summed E-state index contributed by atoms with van der Waals surface area (Å²) in [6.07, 6.45) is 1.88. The summed E-state index contributed by atoms with van der Waals surface area (Å²) in [5.74, 6) is 0.883. The van der Waals surface area contributed by atoms with Crippen LogP contribution in [0.15, 0.2) is 46.8 Å². The van der Waals surface area contributed by atoms with Gasteiger partial charge in [0.05, 0.1) is 16.3 Å². The molecule has 0 aliphatic heterocycles. The molecule has 0 aliphatic carbocycles. The first-order chi connectivity index (χ1) is 9.31. The number of thioether (sulfide) groups is 1. The maximum atomic E-state index is 5.64. The van der Waals surface area contributed by atoms with Gasteiger partial charge in [-0.15, -0.1) is 34.4 Å². The Morgan fingerprint density at radius 1 is 1.21 bits per heavy atom. The molecule has 2 heterocycles. The van der Waals surface area contributed by atoms with Crippen LogP contribution in [0.3, 0.4) is 0 Å². The van der Waals surface area contributed by atoms with E-state index >= 15 is 0 Å². The summed E-state index contributed by atoms with van der Waals surface area (Å²) in [7, 11) is 0. The van der Waals surface area contributed by atoms with Crippen LogP contribution in [0.5, 0.6) is 0 Å². The van der Waals surface area contributed by atoms with Crippen molar-refractivity contribution < 1.29 is 0 Å². The van der Waals surface area contributed by atoms with Crippen LogP contribution >= 0.6 is 34.4 Å². The highest BCUT2D eigenvalue weighted by Crippen LogP contribution is 2.31. The van der Waals surface area contributed by atoms with E-state index in [1.807, 2.05) is 29.8 Å². The molecule has 0 aliphatic rings. The first kappa shape index (κ1) is 12.7. The minimum absolute atomic E-state index is 0.601. The van der Waals surface area contributed by atoms with E-state index in [4.69, 9.17) is 5.73 Å². The standard InChI is InChI=1S/C13H11N3S3/c14-13-16-10(7-18-13)11-6-15-12(19-11)8-17-9-4-2-1-3-5-9/h1-7H,8H2,(H2,14,16). The zero-order valence-corrected chi connectivity index (χ0v) is 12.4. The Hall–Kier alpha value is -1.37. The summed E-state index contributed by atoms with van der Waals surface area (Å²) < 4.78 is 0. The maximum absolute atomic E-state index is 5.64. The third kappa shape index (κ3) is 3.15. The van der Waals surface area contributed by atoms with Gasteiger partial charge in [0.2, 0.25) is 0 Å². The van der Waals surface area contributed by atoms with Crippen molar-refractivity contribution in [1.82, 2.24) is 9.97 Å². The van der Waals surface area contributed by atoms with Crippen LogP contribution in [-0.2, 0) is 5.75 Å². The lowest BCUT2D eigenvalue weighted by molar-refractivity contribution is 1.26. The van der Waals surface area contributed by atoms with Crippen LogP contribution < -0.4 is 5.73 Å². The van der Waals surface area contributed by atoms with Gasteiger partial charge in [0.15, 0.2) is 5.13 Å². The van der Waals surface area contributed by atoms with Crippen molar-refractivity contribution in [2.75, 3.05) is 5.73 Å². The molecule has 0 spiro atoms. The van der Waals surface area contributed by atoms with Crippen LogP contribution in [-0.4, -0.2) is 9.97 Å². The van der Waals surface area contributed by atoms with Gasteiger partial charge in [0.1, 0.15) is 5.01 Å². The number of nitrogens with two attached hydrogens (primary N) is 1. The molecule has 3 nitrogen and oxygen atoms in total. The van der Waals surface area contributed by atoms with E-state index in [1.165, 1.54) is 16.2 Å². The van der Waals surface area contributed by atoms with E-state index in [0.717, 1.165) is 21.3 Å². The van der Waals surface area contributed by atoms with E-state index in [-0.39, 0.29) is 0 Å². The van der Waals surface area contributed by atoms with Crippen molar-refractivity contribution >= 4 is 39.6 Å². The van der Waals surface area contributed by atoms with E-state index < -0.39 is 0 Å². The Kier molecular flexibility index (Phi) is 3.82. The van der Waals surface area contributed by atoms with Crippen molar-refractivity contribution in [1.29, 1.82) is 0 Å². The molecule has 0 saturated heterocycles. The lowest BCUT2D eigenvalue weighted by Gasteiger charge is -1.97. The van der Waals surface area contributed by atoms with Gasteiger partial charge in [-0.25, -0.2) is 9.97 Å². The van der Waals surface area contributed by atoms with Gasteiger partial charge in [0, 0.05) is 16.5 Å². The van der Waals surface area contributed by atoms with Gasteiger partial charge in [-0.1, -0.05) is 18.2 Å². The Balaban J connectivity index is 1.68. The van der Waals surface area contributed by atoms with Crippen molar-refractivity contribution in [3.05, 3.63) is 46.9 Å². The Morgan fingerprint density at radius 3 is 2.79 bits per heavy atom. The monoisotopic (exact) mass is 305 g/mol. The zero-order chi connectivity index (χ0) is 13.1. The molecule has 0 atom stereocenters. The topological polar surface area (TPSA) is 51.8 Å². The largest absolute Gasteiger partial charge is 0.375 e. The number of hydrogen-bond acceptors (Lipinski definition) is 6. The van der Waals surface area contributed by atoms with Crippen molar-refractivity contribution in [3.63, 3.8) is 0 Å².